The number of amides is 1. The lowest BCUT2D eigenvalue weighted by atomic mass is 10.1. The first-order valence-corrected chi connectivity index (χ1v) is 9.20. The molecule has 1 aliphatic rings. The number of ether oxygens (including phenoxy) is 1. The summed E-state index contributed by atoms with van der Waals surface area (Å²) in [5.74, 6) is 0.590. The van der Waals surface area contributed by atoms with Crippen LogP contribution in [0.2, 0.25) is 0 Å². The van der Waals surface area contributed by atoms with Crippen LogP contribution in [0.1, 0.15) is 22.1 Å². The van der Waals surface area contributed by atoms with Crippen LogP contribution in [0.4, 0.5) is 13.2 Å². The lowest BCUT2D eigenvalue weighted by Crippen LogP contribution is -2.33. The van der Waals surface area contributed by atoms with Crippen LogP contribution in [0, 0.1) is 0 Å². The van der Waals surface area contributed by atoms with Crippen molar-refractivity contribution in [3.8, 4) is 0 Å². The van der Waals surface area contributed by atoms with E-state index >= 15 is 0 Å². The number of rotatable bonds is 5. The zero-order valence-corrected chi connectivity index (χ0v) is 14.7. The van der Waals surface area contributed by atoms with Crippen molar-refractivity contribution in [1.29, 1.82) is 0 Å². The topological polar surface area (TPSA) is 29.5 Å². The Morgan fingerprint density at radius 3 is 2.46 bits per heavy atom. The van der Waals surface area contributed by atoms with E-state index in [1.807, 2.05) is 30.3 Å². The fourth-order valence-corrected chi connectivity index (χ4v) is 4.03. The third-order valence-corrected chi connectivity index (χ3v) is 5.33. The van der Waals surface area contributed by atoms with E-state index in [1.54, 1.807) is 16.7 Å². The molecular formula is C19H18F3NO2S. The lowest BCUT2D eigenvalue weighted by molar-refractivity contribution is -0.138. The van der Waals surface area contributed by atoms with Crippen molar-refractivity contribution in [3.05, 3.63) is 71.3 Å². The van der Waals surface area contributed by atoms with Crippen LogP contribution in [0.5, 0.6) is 0 Å². The molecule has 2 aromatic carbocycles. The number of hydrogen-bond donors (Lipinski definition) is 0. The van der Waals surface area contributed by atoms with E-state index in [1.165, 1.54) is 12.1 Å². The molecule has 3 nitrogen and oxygen atoms in total. The zero-order valence-electron chi connectivity index (χ0n) is 13.9. The molecule has 0 N–H and O–H groups in total. The second-order valence-corrected chi connectivity index (χ2v) is 7.10. The highest BCUT2D eigenvalue weighted by Gasteiger charge is 2.33. The highest BCUT2D eigenvalue weighted by molar-refractivity contribution is 7.99. The van der Waals surface area contributed by atoms with Crippen LogP contribution >= 0.6 is 11.8 Å². The minimum Gasteiger partial charge on any atom is -0.367 e. The molecule has 0 saturated carbocycles. The van der Waals surface area contributed by atoms with Gasteiger partial charge in [0.2, 0.25) is 5.91 Å². The Kier molecular flexibility index (Phi) is 5.88. The van der Waals surface area contributed by atoms with Gasteiger partial charge in [0.25, 0.3) is 0 Å². The minimum absolute atomic E-state index is 0.0490. The maximum atomic E-state index is 12.7. The van der Waals surface area contributed by atoms with Crippen molar-refractivity contribution < 1.29 is 22.7 Å². The Morgan fingerprint density at radius 2 is 1.81 bits per heavy atom. The molecular weight excluding hydrogens is 363 g/mol. The van der Waals surface area contributed by atoms with Crippen LogP contribution in [0.15, 0.2) is 54.6 Å². The summed E-state index contributed by atoms with van der Waals surface area (Å²) >= 11 is 1.54. The summed E-state index contributed by atoms with van der Waals surface area (Å²) in [5, 5.41) is -0.273. The second kappa shape index (κ2) is 8.14. The quantitative estimate of drug-likeness (QED) is 0.764. The van der Waals surface area contributed by atoms with Crippen molar-refractivity contribution in [1.82, 2.24) is 4.90 Å². The summed E-state index contributed by atoms with van der Waals surface area (Å²) < 4.78 is 43.6. The standard InChI is InChI=1S/C19H18F3NO2S/c20-19(21,22)16-8-6-15(7-9-16)18-23(10-11-26-18)17(24)13-25-12-14-4-2-1-3-5-14/h1-9,18H,10-13H2/t18-/m0/s1. The first-order valence-electron chi connectivity index (χ1n) is 8.15. The van der Waals surface area contributed by atoms with E-state index in [0.717, 1.165) is 23.4 Å². The van der Waals surface area contributed by atoms with Crippen molar-refractivity contribution in [2.45, 2.75) is 18.2 Å². The van der Waals surface area contributed by atoms with Gasteiger partial charge in [-0.1, -0.05) is 42.5 Å². The molecule has 0 bridgehead atoms. The Bertz CT molecular complexity index is 735. The zero-order chi connectivity index (χ0) is 18.6. The molecule has 1 fully saturated rings. The Morgan fingerprint density at radius 1 is 1.12 bits per heavy atom. The van der Waals surface area contributed by atoms with Crippen molar-refractivity contribution in [3.63, 3.8) is 0 Å². The van der Waals surface area contributed by atoms with Crippen LogP contribution in [-0.4, -0.2) is 29.7 Å². The van der Waals surface area contributed by atoms with Crippen LogP contribution in [0.25, 0.3) is 0 Å². The van der Waals surface area contributed by atoms with Gasteiger partial charge in [0.05, 0.1) is 12.2 Å². The monoisotopic (exact) mass is 381 g/mol. The third-order valence-electron chi connectivity index (χ3n) is 4.07. The molecule has 26 heavy (non-hydrogen) atoms. The van der Waals surface area contributed by atoms with Gasteiger partial charge in [-0.25, -0.2) is 0 Å². The average Bonchev–Trinajstić information content (AvgIpc) is 3.12. The normalized spacial score (nSPS) is 17.5. The van der Waals surface area contributed by atoms with Gasteiger partial charge >= 0.3 is 6.18 Å². The minimum atomic E-state index is -4.36. The number of nitrogens with zero attached hydrogens (tertiary/aromatic N) is 1. The Balaban J connectivity index is 1.59. The molecule has 2 aromatic rings. The van der Waals surface area contributed by atoms with Crippen LogP contribution < -0.4 is 0 Å². The van der Waals surface area contributed by atoms with Crippen molar-refractivity contribution in [2.75, 3.05) is 18.9 Å². The fraction of sp³-hybridized carbons (Fsp3) is 0.316. The van der Waals surface area contributed by atoms with E-state index in [9.17, 15) is 18.0 Å². The first-order chi connectivity index (χ1) is 12.4. The molecule has 1 amide bonds. The van der Waals surface area contributed by atoms with Gasteiger partial charge in [-0.3, -0.25) is 4.79 Å². The van der Waals surface area contributed by atoms with E-state index in [0.29, 0.717) is 18.7 Å². The van der Waals surface area contributed by atoms with E-state index in [-0.39, 0.29) is 17.9 Å². The molecule has 1 saturated heterocycles. The van der Waals surface area contributed by atoms with Gasteiger partial charge in [-0.05, 0) is 23.3 Å². The molecule has 0 aliphatic carbocycles. The van der Waals surface area contributed by atoms with Crippen LogP contribution in [0.3, 0.4) is 0 Å². The summed E-state index contributed by atoms with van der Waals surface area (Å²) in [4.78, 5) is 14.1. The van der Waals surface area contributed by atoms with Gasteiger partial charge in [0, 0.05) is 12.3 Å². The molecule has 1 aliphatic heterocycles. The molecule has 3 rings (SSSR count). The maximum Gasteiger partial charge on any atom is 0.416 e. The highest BCUT2D eigenvalue weighted by atomic mass is 32.2. The molecule has 0 spiro atoms. The summed E-state index contributed by atoms with van der Waals surface area (Å²) in [6.45, 7) is 0.856. The number of thioether (sulfide) groups is 1. The smallest absolute Gasteiger partial charge is 0.367 e. The lowest BCUT2D eigenvalue weighted by Gasteiger charge is -2.24. The molecule has 1 heterocycles. The van der Waals surface area contributed by atoms with Gasteiger partial charge in [0.1, 0.15) is 12.0 Å². The largest absolute Gasteiger partial charge is 0.416 e. The highest BCUT2D eigenvalue weighted by Crippen LogP contribution is 2.39. The average molecular weight is 381 g/mol. The van der Waals surface area contributed by atoms with Crippen molar-refractivity contribution in [2.24, 2.45) is 0 Å². The van der Waals surface area contributed by atoms with Gasteiger partial charge in [0.15, 0.2) is 0 Å². The predicted octanol–water partition coefficient (Wildman–Crippen LogP) is 4.50. The molecule has 7 heteroatoms. The predicted molar refractivity (Wildman–Crippen MR) is 94.5 cm³/mol. The Labute approximate surface area is 154 Å². The van der Waals surface area contributed by atoms with E-state index in [2.05, 4.69) is 0 Å². The summed E-state index contributed by atoms with van der Waals surface area (Å²) in [6.07, 6.45) is -4.36. The first kappa shape index (κ1) is 18.8. The molecule has 0 radical (unpaired) electrons. The fourth-order valence-electron chi connectivity index (χ4n) is 2.75. The summed E-state index contributed by atoms with van der Waals surface area (Å²) in [5.41, 5.74) is 0.987. The number of benzene rings is 2. The summed E-state index contributed by atoms with van der Waals surface area (Å²) in [6, 6.07) is 14.5. The number of hydrogen-bond acceptors (Lipinski definition) is 3. The number of alkyl halides is 3. The maximum absolute atomic E-state index is 12.7. The van der Waals surface area contributed by atoms with E-state index in [4.69, 9.17) is 4.74 Å². The molecule has 138 valence electrons. The number of carbonyl (C=O) groups is 1. The second-order valence-electron chi connectivity index (χ2n) is 5.91. The molecule has 0 unspecified atom stereocenters. The third kappa shape index (κ3) is 4.59. The van der Waals surface area contributed by atoms with Gasteiger partial charge in [-0.2, -0.15) is 13.2 Å². The van der Waals surface area contributed by atoms with Gasteiger partial charge < -0.3 is 9.64 Å². The van der Waals surface area contributed by atoms with Gasteiger partial charge in [-0.15, -0.1) is 11.8 Å². The number of halogens is 3. The molecule has 0 aromatic heterocycles. The molecule has 1 atom stereocenters. The Hall–Kier alpha value is -1.99. The SMILES string of the molecule is O=C(COCc1ccccc1)N1CCS[C@H]1c1ccc(C(F)(F)F)cc1. The number of carbonyl (C=O) groups excluding carboxylic acids is 1. The van der Waals surface area contributed by atoms with E-state index < -0.39 is 11.7 Å². The summed E-state index contributed by atoms with van der Waals surface area (Å²) in [7, 11) is 0. The van der Waals surface area contributed by atoms with Crippen LogP contribution in [-0.2, 0) is 22.3 Å². The van der Waals surface area contributed by atoms with Crippen molar-refractivity contribution >= 4 is 17.7 Å².